The van der Waals surface area contributed by atoms with Gasteiger partial charge in [0.1, 0.15) is 0 Å². The summed E-state index contributed by atoms with van der Waals surface area (Å²) in [6.45, 7) is 3.07. The second-order valence-electron chi connectivity index (χ2n) is 4.62. The van der Waals surface area contributed by atoms with Crippen molar-refractivity contribution in [2.24, 2.45) is 0 Å². The van der Waals surface area contributed by atoms with Crippen molar-refractivity contribution >= 4 is 22.6 Å². The Morgan fingerprint density at radius 2 is 1.67 bits per heavy atom. The molecule has 1 aromatic rings. The van der Waals surface area contributed by atoms with Gasteiger partial charge < -0.3 is 9.84 Å². The average molecular weight is 421 g/mol. The molecule has 1 heterocycles. The van der Waals surface area contributed by atoms with Gasteiger partial charge in [-0.2, -0.15) is 13.8 Å². The summed E-state index contributed by atoms with van der Waals surface area (Å²) in [5.41, 5.74) is -0.878. The average Bonchev–Trinajstić information content (AvgIpc) is 2.41. The van der Waals surface area contributed by atoms with Crippen LogP contribution in [0.2, 0.25) is 0 Å². The van der Waals surface area contributed by atoms with Crippen LogP contribution < -0.4 is 0 Å². The van der Waals surface area contributed by atoms with Crippen molar-refractivity contribution < 1.29 is 27.4 Å². The van der Waals surface area contributed by atoms with Crippen molar-refractivity contribution in [3.05, 3.63) is 29.1 Å². The van der Waals surface area contributed by atoms with E-state index in [0.717, 1.165) is 4.43 Å². The number of aliphatic hydroxyl groups excluding tert-OH is 1. The van der Waals surface area contributed by atoms with E-state index in [0.29, 0.717) is 13.0 Å². The molecule has 0 saturated heterocycles. The highest BCUT2D eigenvalue weighted by Crippen LogP contribution is 2.31. The third-order valence-electron chi connectivity index (χ3n) is 3.05. The first-order valence-electron chi connectivity index (χ1n) is 6.36. The maximum Gasteiger partial charge on any atom is 0.252 e. The molecule has 120 valence electrons. The van der Waals surface area contributed by atoms with E-state index < -0.39 is 47.2 Å². The van der Waals surface area contributed by atoms with Crippen molar-refractivity contribution in [2.45, 2.75) is 38.4 Å². The highest BCUT2D eigenvalue weighted by Gasteiger charge is 2.34. The zero-order valence-corrected chi connectivity index (χ0v) is 13.7. The molecular formula is C13H16F4INO2. The van der Waals surface area contributed by atoms with Crippen molar-refractivity contribution in [3.8, 4) is 0 Å². The van der Waals surface area contributed by atoms with Crippen LogP contribution >= 0.6 is 22.6 Å². The standard InChI is InChI=1S/C13H16F4INO2/c1-6(20)8(7(2)21-5-3-4-18)9-10(14)12(16)19-13(17)11(9)15/h6-8,20H,3-5H2,1-2H3. The van der Waals surface area contributed by atoms with Gasteiger partial charge in [0.05, 0.1) is 12.2 Å². The van der Waals surface area contributed by atoms with E-state index in [1.165, 1.54) is 13.8 Å². The zero-order valence-electron chi connectivity index (χ0n) is 11.5. The fraction of sp³-hybridized carbons (Fsp3) is 0.615. The van der Waals surface area contributed by atoms with E-state index in [4.69, 9.17) is 4.74 Å². The first kappa shape index (κ1) is 18.6. The third kappa shape index (κ3) is 4.49. The molecule has 21 heavy (non-hydrogen) atoms. The molecule has 3 nitrogen and oxygen atoms in total. The molecule has 1 rings (SSSR count). The van der Waals surface area contributed by atoms with E-state index in [9.17, 15) is 22.7 Å². The summed E-state index contributed by atoms with van der Waals surface area (Å²) in [6, 6.07) is 0. The van der Waals surface area contributed by atoms with Gasteiger partial charge in [-0.05, 0) is 20.3 Å². The lowest BCUT2D eigenvalue weighted by Crippen LogP contribution is -2.31. The number of pyridine rings is 1. The topological polar surface area (TPSA) is 42.4 Å². The fourth-order valence-electron chi connectivity index (χ4n) is 2.09. The van der Waals surface area contributed by atoms with Gasteiger partial charge in [-0.15, -0.1) is 0 Å². The lowest BCUT2D eigenvalue weighted by atomic mass is 9.89. The number of halogens is 5. The smallest absolute Gasteiger partial charge is 0.252 e. The van der Waals surface area contributed by atoms with Gasteiger partial charge in [0.2, 0.25) is 0 Å². The molecule has 0 fully saturated rings. The van der Waals surface area contributed by atoms with Crippen LogP contribution in [0, 0.1) is 23.5 Å². The normalized spacial score (nSPS) is 15.8. The molecule has 8 heteroatoms. The van der Waals surface area contributed by atoms with Gasteiger partial charge in [0, 0.05) is 22.5 Å². The molecule has 1 N–H and O–H groups in total. The minimum absolute atomic E-state index is 0.312. The molecule has 0 radical (unpaired) electrons. The van der Waals surface area contributed by atoms with Gasteiger partial charge >= 0.3 is 0 Å². The first-order chi connectivity index (χ1) is 9.81. The van der Waals surface area contributed by atoms with Crippen molar-refractivity contribution in [1.29, 1.82) is 0 Å². The summed E-state index contributed by atoms with van der Waals surface area (Å²) in [7, 11) is 0. The number of aromatic nitrogens is 1. The molecule has 0 aromatic carbocycles. The number of ether oxygens (including phenoxy) is 1. The second kappa shape index (κ2) is 8.23. The lowest BCUT2D eigenvalue weighted by molar-refractivity contribution is 0.00720. The van der Waals surface area contributed by atoms with Crippen LogP contribution in [0.1, 0.15) is 31.7 Å². The van der Waals surface area contributed by atoms with Crippen molar-refractivity contribution in [3.63, 3.8) is 0 Å². The summed E-state index contributed by atoms with van der Waals surface area (Å²) in [5, 5.41) is 9.74. The van der Waals surface area contributed by atoms with Gasteiger partial charge in [-0.25, -0.2) is 8.78 Å². The van der Waals surface area contributed by atoms with E-state index in [1.807, 2.05) is 0 Å². The highest BCUT2D eigenvalue weighted by molar-refractivity contribution is 14.1. The Bertz CT molecular complexity index is 461. The molecule has 3 unspecified atom stereocenters. The summed E-state index contributed by atoms with van der Waals surface area (Å²) in [6.07, 6.45) is -1.37. The summed E-state index contributed by atoms with van der Waals surface area (Å²) in [5.74, 6) is -7.94. The number of alkyl halides is 1. The van der Waals surface area contributed by atoms with Gasteiger partial charge in [0.25, 0.3) is 11.9 Å². The largest absolute Gasteiger partial charge is 0.393 e. The Morgan fingerprint density at radius 3 is 2.10 bits per heavy atom. The van der Waals surface area contributed by atoms with Crippen LogP contribution in [0.5, 0.6) is 0 Å². The van der Waals surface area contributed by atoms with Crippen LogP contribution in [0.3, 0.4) is 0 Å². The number of rotatable bonds is 7. The number of hydrogen-bond donors (Lipinski definition) is 1. The van der Waals surface area contributed by atoms with E-state index >= 15 is 0 Å². The fourth-order valence-corrected chi connectivity index (χ4v) is 2.40. The molecule has 0 bridgehead atoms. The SMILES string of the molecule is CC(O)C(c1c(F)c(F)nc(F)c1F)C(C)OCCCI. The van der Waals surface area contributed by atoms with Gasteiger partial charge in [-0.1, -0.05) is 22.6 Å². The predicted molar refractivity (Wildman–Crippen MR) is 77.4 cm³/mol. The lowest BCUT2D eigenvalue weighted by Gasteiger charge is -2.27. The maximum atomic E-state index is 13.8. The molecule has 0 spiro atoms. The van der Waals surface area contributed by atoms with E-state index in [-0.39, 0.29) is 0 Å². The Labute approximate surface area is 133 Å². The quantitative estimate of drug-likeness (QED) is 0.242. The van der Waals surface area contributed by atoms with Crippen LogP contribution in [0.4, 0.5) is 17.6 Å². The Balaban J connectivity index is 3.17. The van der Waals surface area contributed by atoms with Crippen molar-refractivity contribution in [1.82, 2.24) is 4.98 Å². The summed E-state index contributed by atoms with van der Waals surface area (Å²) >= 11 is 2.14. The molecule has 0 amide bonds. The van der Waals surface area contributed by atoms with Crippen LogP contribution in [0.25, 0.3) is 0 Å². The van der Waals surface area contributed by atoms with E-state index in [2.05, 4.69) is 27.6 Å². The van der Waals surface area contributed by atoms with E-state index in [1.54, 1.807) is 0 Å². The monoisotopic (exact) mass is 421 g/mol. The highest BCUT2D eigenvalue weighted by atomic mass is 127. The summed E-state index contributed by atoms with van der Waals surface area (Å²) in [4.78, 5) is 2.50. The minimum atomic E-state index is -1.74. The third-order valence-corrected chi connectivity index (χ3v) is 3.81. The van der Waals surface area contributed by atoms with Gasteiger partial charge in [0.15, 0.2) is 11.6 Å². The number of hydrogen-bond acceptors (Lipinski definition) is 3. The van der Waals surface area contributed by atoms with Crippen LogP contribution in [0.15, 0.2) is 0 Å². The molecule has 3 atom stereocenters. The molecule has 0 saturated carbocycles. The number of nitrogens with zero attached hydrogens (tertiary/aromatic N) is 1. The van der Waals surface area contributed by atoms with Crippen LogP contribution in [-0.4, -0.2) is 33.3 Å². The number of aliphatic hydroxyl groups is 1. The molecule has 0 aliphatic carbocycles. The van der Waals surface area contributed by atoms with Crippen LogP contribution in [-0.2, 0) is 4.74 Å². The zero-order chi connectivity index (χ0) is 16.2. The molecule has 0 aliphatic rings. The predicted octanol–water partition coefficient (Wildman–Crippen LogP) is 3.33. The van der Waals surface area contributed by atoms with Gasteiger partial charge in [-0.3, -0.25) is 0 Å². The summed E-state index contributed by atoms with van der Waals surface area (Å²) < 4.78 is 60.2. The van der Waals surface area contributed by atoms with Crippen molar-refractivity contribution in [2.75, 3.05) is 11.0 Å². The maximum absolute atomic E-state index is 13.8. The molecule has 1 aromatic heterocycles. The molecular weight excluding hydrogens is 405 g/mol. The minimum Gasteiger partial charge on any atom is -0.393 e. The Morgan fingerprint density at radius 1 is 1.14 bits per heavy atom. The first-order valence-corrected chi connectivity index (χ1v) is 7.89. The Kier molecular flexibility index (Phi) is 7.28. The molecule has 0 aliphatic heterocycles. The second-order valence-corrected chi connectivity index (χ2v) is 5.70. The Hall–Kier alpha value is -0.480.